The molecule has 1 aliphatic rings. The molecule has 2 unspecified atom stereocenters. The van der Waals surface area contributed by atoms with Crippen molar-refractivity contribution >= 4 is 0 Å². The minimum Gasteiger partial charge on any atom is -0.390 e. The second-order valence-corrected chi connectivity index (χ2v) is 7.27. The second kappa shape index (κ2) is 13.5. The number of hydrogen-bond donors (Lipinski definition) is 2. The monoisotopic (exact) mass is 337 g/mol. The van der Waals surface area contributed by atoms with Gasteiger partial charge in [0.2, 0.25) is 0 Å². The summed E-state index contributed by atoms with van der Waals surface area (Å²) in [6.07, 6.45) is 23.0. The van der Waals surface area contributed by atoms with E-state index in [1.807, 2.05) is 6.08 Å². The predicted octanol–water partition coefficient (Wildman–Crippen LogP) is 5.08. The zero-order valence-corrected chi connectivity index (χ0v) is 16.0. The third-order valence-electron chi connectivity index (χ3n) is 5.52. The van der Waals surface area contributed by atoms with Gasteiger partial charge in [0.1, 0.15) is 12.7 Å². The van der Waals surface area contributed by atoms with E-state index in [9.17, 15) is 5.11 Å². The molecule has 2 atom stereocenters. The largest absolute Gasteiger partial charge is 0.390 e. The van der Waals surface area contributed by atoms with Crippen LogP contribution in [0.15, 0.2) is 25.1 Å². The summed E-state index contributed by atoms with van der Waals surface area (Å²) in [4.78, 5) is 0. The molecule has 3 nitrogen and oxygen atoms in total. The molecule has 1 rings (SSSR count). The van der Waals surface area contributed by atoms with Crippen LogP contribution in [0.4, 0.5) is 0 Å². The third kappa shape index (κ3) is 7.85. The van der Waals surface area contributed by atoms with Gasteiger partial charge < -0.3 is 10.4 Å². The van der Waals surface area contributed by atoms with Crippen molar-refractivity contribution in [1.82, 2.24) is 5.32 Å². The zero-order chi connectivity index (χ0) is 17.5. The lowest BCUT2D eigenvalue weighted by atomic mass is 10.0. The van der Waals surface area contributed by atoms with Gasteiger partial charge in [-0.15, -0.1) is 6.58 Å². The predicted molar refractivity (Wildman–Crippen MR) is 104 cm³/mol. The number of rotatable bonds is 16. The molecule has 3 heteroatoms. The molecule has 0 aromatic rings. The van der Waals surface area contributed by atoms with E-state index in [1.54, 1.807) is 0 Å². The van der Waals surface area contributed by atoms with Crippen molar-refractivity contribution in [3.63, 3.8) is 0 Å². The summed E-state index contributed by atoms with van der Waals surface area (Å²) in [5, 5.41) is 12.8. The Morgan fingerprint density at radius 3 is 2.12 bits per heavy atom. The highest BCUT2D eigenvalue weighted by molar-refractivity contribution is 4.84. The van der Waals surface area contributed by atoms with Gasteiger partial charge in [-0.3, -0.25) is 4.48 Å². The first-order valence-electron chi connectivity index (χ1n) is 10.3. The molecular weight excluding hydrogens is 296 g/mol. The lowest BCUT2D eigenvalue weighted by molar-refractivity contribution is -0.900. The van der Waals surface area contributed by atoms with E-state index in [0.717, 1.165) is 17.6 Å². The van der Waals surface area contributed by atoms with E-state index in [0.29, 0.717) is 6.17 Å². The Morgan fingerprint density at radius 2 is 1.58 bits per heavy atom. The molecule has 0 saturated carbocycles. The van der Waals surface area contributed by atoms with Crippen molar-refractivity contribution in [2.24, 2.45) is 0 Å². The average molecular weight is 338 g/mol. The fourth-order valence-electron chi connectivity index (χ4n) is 3.84. The molecule has 0 saturated heterocycles. The van der Waals surface area contributed by atoms with E-state index >= 15 is 0 Å². The maximum absolute atomic E-state index is 9.33. The normalized spacial score (nSPS) is 22.7. The first-order chi connectivity index (χ1) is 11.8. The van der Waals surface area contributed by atoms with Crippen LogP contribution in [0.2, 0.25) is 0 Å². The number of nitrogens with one attached hydrogen (secondary N) is 1. The van der Waals surface area contributed by atoms with E-state index in [1.165, 1.54) is 77.0 Å². The Hall–Kier alpha value is -0.800. The van der Waals surface area contributed by atoms with Crippen LogP contribution in [-0.4, -0.2) is 35.5 Å². The maximum atomic E-state index is 9.33. The fourth-order valence-corrected chi connectivity index (χ4v) is 3.84. The molecular formula is C21H41N2O+. The van der Waals surface area contributed by atoms with Crippen molar-refractivity contribution in [3.05, 3.63) is 25.1 Å². The molecule has 0 spiro atoms. The second-order valence-electron chi connectivity index (χ2n) is 7.27. The van der Waals surface area contributed by atoms with E-state index in [-0.39, 0.29) is 6.61 Å². The van der Waals surface area contributed by atoms with Crippen molar-refractivity contribution in [2.75, 3.05) is 19.7 Å². The van der Waals surface area contributed by atoms with Gasteiger partial charge in [0.15, 0.2) is 6.17 Å². The molecule has 0 fully saturated rings. The van der Waals surface area contributed by atoms with E-state index < -0.39 is 0 Å². The summed E-state index contributed by atoms with van der Waals surface area (Å²) >= 11 is 0. The maximum Gasteiger partial charge on any atom is 0.166 e. The highest BCUT2D eigenvalue weighted by Crippen LogP contribution is 2.22. The highest BCUT2D eigenvalue weighted by atomic mass is 16.3. The number of nitrogens with zero attached hydrogens (tertiary/aromatic N) is 1. The van der Waals surface area contributed by atoms with Crippen LogP contribution < -0.4 is 5.32 Å². The number of likely N-dealkylation sites (N-methyl/N-ethyl adjacent to an activating group) is 1. The van der Waals surface area contributed by atoms with Gasteiger partial charge >= 0.3 is 0 Å². The Bertz CT molecular complexity index is 343. The number of unbranched alkanes of at least 4 members (excludes halogenated alkanes) is 10. The molecule has 0 aromatic heterocycles. The van der Waals surface area contributed by atoms with E-state index in [4.69, 9.17) is 0 Å². The minimum absolute atomic E-state index is 0.268. The number of allylic oxidation sites excluding steroid dienone is 1. The van der Waals surface area contributed by atoms with Gasteiger partial charge in [0.25, 0.3) is 0 Å². The molecule has 0 aromatic carbocycles. The lowest BCUT2D eigenvalue weighted by Gasteiger charge is -2.36. The Balaban J connectivity index is 1.96. The molecule has 1 aliphatic heterocycles. The highest BCUT2D eigenvalue weighted by Gasteiger charge is 2.35. The summed E-state index contributed by atoms with van der Waals surface area (Å²) < 4.78 is 0.905. The topological polar surface area (TPSA) is 32.3 Å². The number of quaternary nitrogens is 1. The smallest absolute Gasteiger partial charge is 0.166 e. The summed E-state index contributed by atoms with van der Waals surface area (Å²) in [5.74, 6) is 0. The summed E-state index contributed by atoms with van der Waals surface area (Å²) in [6.45, 7) is 8.15. The summed E-state index contributed by atoms with van der Waals surface area (Å²) in [5.41, 5.74) is 0. The number of hydrogen-bond acceptors (Lipinski definition) is 2. The van der Waals surface area contributed by atoms with Gasteiger partial charge in [-0.1, -0.05) is 57.4 Å². The fraction of sp³-hybridized carbons (Fsp3) is 0.810. The molecule has 1 heterocycles. The Labute approximate surface area is 150 Å². The Kier molecular flexibility index (Phi) is 11.9. The first kappa shape index (κ1) is 21.2. The van der Waals surface area contributed by atoms with Crippen LogP contribution in [0, 0.1) is 0 Å². The van der Waals surface area contributed by atoms with E-state index in [2.05, 4.69) is 31.2 Å². The SMILES string of the molecule is C=CCCCCCCCCCCCCC1NC=C[N+]1(CC)CCO. The quantitative estimate of drug-likeness (QED) is 0.234. The van der Waals surface area contributed by atoms with Gasteiger partial charge in [-0.05, 0) is 26.2 Å². The molecule has 0 amide bonds. The lowest BCUT2D eigenvalue weighted by Crippen LogP contribution is -2.54. The summed E-state index contributed by atoms with van der Waals surface area (Å²) in [6, 6.07) is 0. The van der Waals surface area contributed by atoms with Crippen LogP contribution >= 0.6 is 0 Å². The van der Waals surface area contributed by atoms with Crippen LogP contribution in [0.5, 0.6) is 0 Å². The van der Waals surface area contributed by atoms with Gasteiger partial charge in [0.05, 0.1) is 19.4 Å². The molecule has 0 radical (unpaired) electrons. The van der Waals surface area contributed by atoms with Crippen molar-refractivity contribution in [3.8, 4) is 0 Å². The van der Waals surface area contributed by atoms with Crippen LogP contribution in [0.3, 0.4) is 0 Å². The Morgan fingerprint density at radius 1 is 1.00 bits per heavy atom. The van der Waals surface area contributed by atoms with Crippen LogP contribution in [0.1, 0.15) is 84.0 Å². The zero-order valence-electron chi connectivity index (χ0n) is 16.0. The van der Waals surface area contributed by atoms with Crippen molar-refractivity contribution < 1.29 is 9.59 Å². The third-order valence-corrected chi connectivity index (χ3v) is 5.52. The van der Waals surface area contributed by atoms with Crippen LogP contribution in [-0.2, 0) is 0 Å². The number of aliphatic hydroxyl groups is 1. The summed E-state index contributed by atoms with van der Waals surface area (Å²) in [7, 11) is 0. The van der Waals surface area contributed by atoms with Gasteiger partial charge in [-0.25, -0.2) is 0 Å². The molecule has 0 aliphatic carbocycles. The number of aliphatic hydroxyl groups excluding tert-OH is 1. The van der Waals surface area contributed by atoms with Crippen molar-refractivity contribution in [2.45, 2.75) is 90.1 Å². The van der Waals surface area contributed by atoms with Crippen molar-refractivity contribution in [1.29, 1.82) is 0 Å². The molecule has 24 heavy (non-hydrogen) atoms. The molecule has 2 N–H and O–H groups in total. The molecule has 0 bridgehead atoms. The minimum atomic E-state index is 0.268. The molecule has 140 valence electrons. The average Bonchev–Trinajstić information content (AvgIpc) is 2.99. The van der Waals surface area contributed by atoms with Gasteiger partial charge in [0, 0.05) is 6.42 Å². The van der Waals surface area contributed by atoms with Gasteiger partial charge in [-0.2, -0.15) is 0 Å². The first-order valence-corrected chi connectivity index (χ1v) is 10.3. The van der Waals surface area contributed by atoms with Crippen LogP contribution in [0.25, 0.3) is 0 Å². The standard InChI is InChI=1S/C21H41N2O/c1-3-5-6-7-8-9-10-11-12-13-14-15-16-21-22-17-18-23(21,4-2)19-20-24/h3,17-18,21-22,24H,1,4-16,19-20H2,2H3/q+1.